The van der Waals surface area contributed by atoms with Crippen LogP contribution in [0.1, 0.15) is 43.4 Å². The van der Waals surface area contributed by atoms with Crippen LogP contribution in [0.25, 0.3) is 6.08 Å². The van der Waals surface area contributed by atoms with Gasteiger partial charge >= 0.3 is 15.5 Å². The molecule has 2 N–H and O–H groups in total. The van der Waals surface area contributed by atoms with Crippen LogP contribution in [0.5, 0.6) is 5.75 Å². The molecule has 1 aromatic heterocycles. The van der Waals surface area contributed by atoms with Crippen LogP contribution in [-0.4, -0.2) is 40.0 Å². The van der Waals surface area contributed by atoms with Crippen molar-refractivity contribution in [3.8, 4) is 5.75 Å². The molecular weight excluding hydrogens is 593 g/mol. The highest BCUT2D eigenvalue weighted by Gasteiger charge is 2.46. The summed E-state index contributed by atoms with van der Waals surface area (Å²) in [6.07, 6.45) is 9.97. The highest BCUT2D eigenvalue weighted by atomic mass is 32.2. The fourth-order valence-corrected chi connectivity index (χ4v) is 5.92. The SMILES string of the molecule is O=C1NC(=Nc2ccc(NS(=O)(=O)C(F)(F)F)cc2)SC1=Cc1ccc(OCc2cn(CC3CCCCC3)nn2)cc1. The van der Waals surface area contributed by atoms with E-state index in [4.69, 9.17) is 4.74 Å². The minimum atomic E-state index is -5.52. The molecule has 1 aliphatic heterocycles. The van der Waals surface area contributed by atoms with Crippen molar-refractivity contribution in [1.29, 1.82) is 0 Å². The van der Waals surface area contributed by atoms with E-state index in [1.165, 1.54) is 49.0 Å². The van der Waals surface area contributed by atoms with E-state index in [1.54, 1.807) is 18.2 Å². The van der Waals surface area contributed by atoms with Gasteiger partial charge in [-0.25, -0.2) is 4.99 Å². The van der Waals surface area contributed by atoms with Crippen molar-refractivity contribution in [2.75, 3.05) is 4.72 Å². The fourth-order valence-electron chi connectivity index (χ4n) is 4.51. The summed E-state index contributed by atoms with van der Waals surface area (Å²) < 4.78 is 69.3. The summed E-state index contributed by atoms with van der Waals surface area (Å²) >= 11 is 1.09. The maximum absolute atomic E-state index is 12.5. The first kappa shape index (κ1) is 29.6. The Morgan fingerprint density at radius 1 is 1.10 bits per heavy atom. The van der Waals surface area contributed by atoms with E-state index < -0.39 is 15.5 Å². The zero-order valence-electron chi connectivity index (χ0n) is 22.2. The number of aromatic nitrogens is 3. The number of carbonyl (C=O) groups excluding carboxylic acids is 1. The number of ether oxygens (including phenoxy) is 1. The number of aliphatic imine (C=N–C) groups is 1. The van der Waals surface area contributed by atoms with Crippen LogP contribution in [0, 0.1) is 5.92 Å². The van der Waals surface area contributed by atoms with Gasteiger partial charge in [0.15, 0.2) is 5.17 Å². The molecule has 2 aromatic carbocycles. The van der Waals surface area contributed by atoms with Crippen molar-refractivity contribution in [3.63, 3.8) is 0 Å². The molecule has 0 radical (unpaired) electrons. The molecule has 3 aromatic rings. The van der Waals surface area contributed by atoms with Gasteiger partial charge < -0.3 is 10.1 Å². The van der Waals surface area contributed by atoms with Crippen LogP contribution < -0.4 is 14.8 Å². The van der Waals surface area contributed by atoms with Gasteiger partial charge in [0.2, 0.25) is 0 Å². The summed E-state index contributed by atoms with van der Waals surface area (Å²) in [4.78, 5) is 17.1. The Labute approximate surface area is 244 Å². The molecule has 1 saturated carbocycles. The monoisotopic (exact) mass is 620 g/mol. The molecule has 2 heterocycles. The van der Waals surface area contributed by atoms with Gasteiger partial charge in [0.1, 0.15) is 18.1 Å². The number of anilines is 1. The maximum Gasteiger partial charge on any atom is 0.516 e. The number of benzene rings is 2. The Kier molecular flexibility index (Phi) is 8.87. The van der Waals surface area contributed by atoms with E-state index in [0.29, 0.717) is 28.9 Å². The number of thioether (sulfide) groups is 1. The van der Waals surface area contributed by atoms with Crippen molar-refractivity contribution in [3.05, 3.63) is 70.9 Å². The predicted molar refractivity (Wildman–Crippen MR) is 153 cm³/mol. The number of nitrogens with one attached hydrogen (secondary N) is 2. The Morgan fingerprint density at radius 3 is 2.50 bits per heavy atom. The van der Waals surface area contributed by atoms with Gasteiger partial charge in [-0.15, -0.1) is 5.10 Å². The van der Waals surface area contributed by atoms with Crippen LogP contribution in [0.3, 0.4) is 0 Å². The molecule has 0 unspecified atom stereocenters. The van der Waals surface area contributed by atoms with Crippen LogP contribution >= 0.6 is 11.8 Å². The second-order valence-corrected chi connectivity index (χ2v) is 12.6. The van der Waals surface area contributed by atoms with Crippen molar-refractivity contribution >= 4 is 50.3 Å². The topological polar surface area (TPSA) is 128 Å². The van der Waals surface area contributed by atoms with E-state index in [2.05, 4.69) is 20.6 Å². The molecule has 5 rings (SSSR count). The largest absolute Gasteiger partial charge is 0.516 e. The van der Waals surface area contributed by atoms with Gasteiger partial charge in [-0.05, 0) is 78.6 Å². The number of sulfonamides is 1. The number of carbonyl (C=O) groups is 1. The quantitative estimate of drug-likeness (QED) is 0.299. The average Bonchev–Trinajstić information content (AvgIpc) is 3.54. The second kappa shape index (κ2) is 12.6. The molecule has 1 saturated heterocycles. The lowest BCUT2D eigenvalue weighted by Gasteiger charge is -2.20. The van der Waals surface area contributed by atoms with Gasteiger partial charge in [0.25, 0.3) is 5.91 Å². The number of hydrogen-bond acceptors (Lipinski definition) is 8. The summed E-state index contributed by atoms with van der Waals surface area (Å²) in [5.41, 5.74) is -3.87. The average molecular weight is 621 g/mol. The predicted octanol–water partition coefficient (Wildman–Crippen LogP) is 5.59. The lowest BCUT2D eigenvalue weighted by Crippen LogP contribution is -2.29. The van der Waals surface area contributed by atoms with Gasteiger partial charge in [0.05, 0.1) is 16.8 Å². The Hall–Kier alpha value is -3.85. The summed E-state index contributed by atoms with van der Waals surface area (Å²) in [6, 6.07) is 12.1. The Bertz CT molecular complexity index is 1580. The number of nitrogens with zero attached hydrogens (tertiary/aromatic N) is 4. The summed E-state index contributed by atoms with van der Waals surface area (Å²) in [7, 11) is -5.52. The summed E-state index contributed by atoms with van der Waals surface area (Å²) in [5.74, 6) is 0.945. The van der Waals surface area contributed by atoms with Crippen LogP contribution in [0.2, 0.25) is 0 Å². The molecule has 2 aliphatic rings. The highest BCUT2D eigenvalue weighted by molar-refractivity contribution is 8.18. The molecule has 10 nitrogen and oxygen atoms in total. The first-order valence-corrected chi connectivity index (χ1v) is 15.4. The fraction of sp³-hybridized carbons (Fsp3) is 0.333. The standard InChI is InChI=1S/C27H27F3N6O4S2/c28-27(29,30)42(38,39)34-21-10-8-20(9-11-21)31-26-32-25(37)24(41-26)14-18-6-12-23(13-7-18)40-17-22-16-36(35-33-22)15-19-4-2-1-3-5-19/h6-14,16,19,34H,1-5,15,17H2,(H,31,32,37). The minimum absolute atomic E-state index is 0.270. The second-order valence-electron chi connectivity index (χ2n) is 9.87. The third-order valence-electron chi connectivity index (χ3n) is 6.63. The lowest BCUT2D eigenvalue weighted by atomic mass is 9.89. The molecule has 15 heteroatoms. The zero-order chi connectivity index (χ0) is 29.7. The highest BCUT2D eigenvalue weighted by Crippen LogP contribution is 2.30. The number of rotatable bonds is 9. The van der Waals surface area contributed by atoms with Gasteiger partial charge in [-0.2, -0.15) is 21.6 Å². The first-order valence-electron chi connectivity index (χ1n) is 13.1. The Balaban J connectivity index is 1.14. The molecule has 1 amide bonds. The molecule has 1 aliphatic carbocycles. The minimum Gasteiger partial charge on any atom is -0.487 e. The number of amidine groups is 1. The molecule has 0 bridgehead atoms. The third-order valence-corrected chi connectivity index (χ3v) is 8.65. The van der Waals surface area contributed by atoms with E-state index in [1.807, 2.05) is 23.0 Å². The van der Waals surface area contributed by atoms with E-state index in [9.17, 15) is 26.4 Å². The van der Waals surface area contributed by atoms with Crippen LogP contribution in [0.15, 0.2) is 64.6 Å². The molecule has 0 spiro atoms. The Morgan fingerprint density at radius 2 is 1.81 bits per heavy atom. The van der Waals surface area contributed by atoms with Crippen LogP contribution in [-0.2, 0) is 28.0 Å². The van der Waals surface area contributed by atoms with E-state index in [0.717, 1.165) is 41.7 Å². The molecule has 42 heavy (non-hydrogen) atoms. The number of hydrogen-bond donors (Lipinski definition) is 2. The summed E-state index contributed by atoms with van der Waals surface area (Å²) in [5, 5.41) is 11.3. The van der Waals surface area contributed by atoms with E-state index >= 15 is 0 Å². The number of halogens is 3. The molecule has 0 atom stereocenters. The maximum atomic E-state index is 12.5. The van der Waals surface area contributed by atoms with Gasteiger partial charge in [-0.3, -0.25) is 14.2 Å². The molecular formula is C27H27F3N6O4S2. The lowest BCUT2D eigenvalue weighted by molar-refractivity contribution is -0.115. The van der Waals surface area contributed by atoms with E-state index in [-0.39, 0.29) is 16.8 Å². The number of alkyl halides is 3. The van der Waals surface area contributed by atoms with Crippen molar-refractivity contribution in [1.82, 2.24) is 20.3 Å². The third kappa shape index (κ3) is 7.70. The smallest absolute Gasteiger partial charge is 0.487 e. The summed E-state index contributed by atoms with van der Waals surface area (Å²) in [6.45, 7) is 1.17. The first-order chi connectivity index (χ1) is 20.0. The zero-order valence-corrected chi connectivity index (χ0v) is 23.8. The van der Waals surface area contributed by atoms with Gasteiger partial charge in [0, 0.05) is 12.2 Å². The number of amides is 1. The van der Waals surface area contributed by atoms with Crippen molar-refractivity contribution < 1.29 is 31.1 Å². The van der Waals surface area contributed by atoms with Crippen molar-refractivity contribution in [2.45, 2.75) is 50.8 Å². The molecule has 222 valence electrons. The normalized spacial score (nSPS) is 18.4. The van der Waals surface area contributed by atoms with Gasteiger partial charge in [-0.1, -0.05) is 36.6 Å². The molecule has 2 fully saturated rings. The van der Waals surface area contributed by atoms with Crippen LogP contribution in [0.4, 0.5) is 24.5 Å². The van der Waals surface area contributed by atoms with Crippen molar-refractivity contribution in [2.24, 2.45) is 10.9 Å².